The van der Waals surface area contributed by atoms with Crippen LogP contribution in [0.4, 0.5) is 11.6 Å². The summed E-state index contributed by atoms with van der Waals surface area (Å²) in [4.78, 5) is 18.6. The predicted octanol–water partition coefficient (Wildman–Crippen LogP) is 2.56. The van der Waals surface area contributed by atoms with Crippen LogP contribution < -0.4 is 9.80 Å². The molecule has 0 amide bonds. The molecule has 0 aromatic carbocycles. The topological polar surface area (TPSA) is 68.9 Å². The summed E-state index contributed by atoms with van der Waals surface area (Å²) in [5.74, 6) is 3.56. The van der Waals surface area contributed by atoms with Crippen molar-refractivity contribution in [2.45, 2.75) is 32.6 Å². The number of nitriles is 1. The van der Waals surface area contributed by atoms with Gasteiger partial charge >= 0.3 is 0 Å². The van der Waals surface area contributed by atoms with Crippen LogP contribution in [-0.2, 0) is 0 Å². The molecule has 0 spiro atoms. The minimum Gasteiger partial charge on any atom is -0.353 e. The number of hydrogen-bond acceptors (Lipinski definition) is 6. The van der Waals surface area contributed by atoms with E-state index in [0.717, 1.165) is 49.3 Å². The summed E-state index contributed by atoms with van der Waals surface area (Å²) < 4.78 is 0. The molecular weight excluding hydrogens is 312 g/mol. The van der Waals surface area contributed by atoms with Crippen molar-refractivity contribution in [1.82, 2.24) is 15.0 Å². The molecule has 0 N–H and O–H groups in total. The van der Waals surface area contributed by atoms with Crippen LogP contribution in [0.1, 0.15) is 41.4 Å². The molecule has 0 bridgehead atoms. The Bertz CT molecular complexity index is 828. The lowest BCUT2D eigenvalue weighted by Crippen LogP contribution is -2.47. The third kappa shape index (κ3) is 3.14. The van der Waals surface area contributed by atoms with Crippen LogP contribution in [-0.4, -0.2) is 41.1 Å². The molecule has 128 valence electrons. The van der Waals surface area contributed by atoms with Crippen LogP contribution in [0.2, 0.25) is 0 Å². The smallest absolute Gasteiger partial charge is 0.135 e. The highest BCUT2D eigenvalue weighted by Crippen LogP contribution is 2.39. The second-order valence-electron chi connectivity index (χ2n) is 6.88. The van der Waals surface area contributed by atoms with Crippen LogP contribution in [0.15, 0.2) is 18.3 Å². The van der Waals surface area contributed by atoms with Gasteiger partial charge in [-0.2, -0.15) is 5.26 Å². The monoisotopic (exact) mass is 334 g/mol. The third-order valence-electron chi connectivity index (χ3n) is 5.10. The molecule has 4 rings (SSSR count). The number of nitrogens with zero attached hydrogens (tertiary/aromatic N) is 6. The molecule has 1 saturated heterocycles. The van der Waals surface area contributed by atoms with Crippen molar-refractivity contribution in [3.63, 3.8) is 0 Å². The average molecular weight is 334 g/mol. The normalized spacial score (nSPS) is 17.5. The minimum atomic E-state index is 0.567. The molecule has 2 aliphatic rings. The Balaban J connectivity index is 1.51. The van der Waals surface area contributed by atoms with Gasteiger partial charge in [-0.15, -0.1) is 0 Å². The zero-order valence-electron chi connectivity index (χ0n) is 14.7. The van der Waals surface area contributed by atoms with Crippen molar-refractivity contribution in [2.24, 2.45) is 0 Å². The zero-order valence-corrected chi connectivity index (χ0v) is 14.7. The predicted molar refractivity (Wildman–Crippen MR) is 96.9 cm³/mol. The van der Waals surface area contributed by atoms with E-state index >= 15 is 0 Å². The fourth-order valence-electron chi connectivity index (χ4n) is 3.28. The molecule has 3 heterocycles. The molecular formula is C19H22N6. The first-order valence-electron chi connectivity index (χ1n) is 8.87. The Morgan fingerprint density at radius 1 is 1.08 bits per heavy atom. The van der Waals surface area contributed by atoms with E-state index in [9.17, 15) is 0 Å². The van der Waals surface area contributed by atoms with E-state index in [1.54, 1.807) is 12.3 Å². The lowest BCUT2D eigenvalue weighted by Gasteiger charge is -2.37. The van der Waals surface area contributed by atoms with Gasteiger partial charge in [0.25, 0.3) is 0 Å². The number of aryl methyl sites for hydroxylation is 1. The molecule has 0 radical (unpaired) electrons. The Labute approximate surface area is 148 Å². The standard InChI is InChI=1S/C19H22N6/c1-13-14(2)22-18(16-3-4-16)23-19(13)25-9-7-24(8-10-25)17-11-15(12-20)5-6-21-17/h5-6,11,16H,3-4,7-10H2,1-2H3. The van der Waals surface area contributed by atoms with Crippen molar-refractivity contribution < 1.29 is 0 Å². The van der Waals surface area contributed by atoms with E-state index in [0.29, 0.717) is 11.5 Å². The van der Waals surface area contributed by atoms with Gasteiger partial charge in [-0.25, -0.2) is 15.0 Å². The van der Waals surface area contributed by atoms with Crippen molar-refractivity contribution in [3.05, 3.63) is 41.0 Å². The minimum absolute atomic E-state index is 0.567. The average Bonchev–Trinajstić information content (AvgIpc) is 3.49. The van der Waals surface area contributed by atoms with Gasteiger partial charge in [0.2, 0.25) is 0 Å². The van der Waals surface area contributed by atoms with Crippen molar-refractivity contribution in [3.8, 4) is 6.07 Å². The first-order valence-corrected chi connectivity index (χ1v) is 8.87. The van der Waals surface area contributed by atoms with E-state index in [1.165, 1.54) is 18.4 Å². The summed E-state index contributed by atoms with van der Waals surface area (Å²) in [7, 11) is 0. The number of piperazine rings is 1. The second kappa shape index (κ2) is 6.32. The van der Waals surface area contributed by atoms with Gasteiger partial charge in [-0.1, -0.05) is 0 Å². The van der Waals surface area contributed by atoms with Gasteiger partial charge in [0.15, 0.2) is 0 Å². The van der Waals surface area contributed by atoms with Gasteiger partial charge in [0.1, 0.15) is 17.5 Å². The molecule has 2 fully saturated rings. The van der Waals surface area contributed by atoms with E-state index < -0.39 is 0 Å². The van der Waals surface area contributed by atoms with Crippen LogP contribution in [0, 0.1) is 25.2 Å². The molecule has 2 aromatic heterocycles. The highest BCUT2D eigenvalue weighted by atomic mass is 15.3. The molecule has 0 unspecified atom stereocenters. The van der Waals surface area contributed by atoms with Gasteiger partial charge in [-0.05, 0) is 38.8 Å². The van der Waals surface area contributed by atoms with Crippen LogP contribution in [0.5, 0.6) is 0 Å². The van der Waals surface area contributed by atoms with E-state index in [2.05, 4.69) is 39.7 Å². The maximum Gasteiger partial charge on any atom is 0.135 e. The summed E-state index contributed by atoms with van der Waals surface area (Å²) in [6.45, 7) is 7.76. The highest BCUT2D eigenvalue weighted by Gasteiger charge is 2.29. The van der Waals surface area contributed by atoms with Crippen molar-refractivity contribution >= 4 is 11.6 Å². The molecule has 25 heavy (non-hydrogen) atoms. The number of anilines is 2. The quantitative estimate of drug-likeness (QED) is 0.859. The Morgan fingerprint density at radius 2 is 1.80 bits per heavy atom. The first kappa shape index (κ1) is 15.8. The summed E-state index contributed by atoms with van der Waals surface area (Å²) in [5, 5.41) is 9.06. The molecule has 2 aromatic rings. The number of hydrogen-bond donors (Lipinski definition) is 0. The number of rotatable bonds is 3. The Hall–Kier alpha value is -2.68. The van der Waals surface area contributed by atoms with Crippen LogP contribution >= 0.6 is 0 Å². The number of aromatic nitrogens is 3. The molecule has 1 aliphatic carbocycles. The number of pyridine rings is 1. The van der Waals surface area contributed by atoms with Crippen LogP contribution in [0.25, 0.3) is 0 Å². The van der Waals surface area contributed by atoms with E-state index in [-0.39, 0.29) is 0 Å². The fraction of sp³-hybridized carbons (Fsp3) is 0.474. The van der Waals surface area contributed by atoms with Crippen LogP contribution in [0.3, 0.4) is 0 Å². The molecule has 6 nitrogen and oxygen atoms in total. The van der Waals surface area contributed by atoms with E-state index in [4.69, 9.17) is 10.2 Å². The summed E-state index contributed by atoms with van der Waals surface area (Å²) in [6.07, 6.45) is 4.15. The Morgan fingerprint density at radius 3 is 2.48 bits per heavy atom. The largest absolute Gasteiger partial charge is 0.353 e. The lowest BCUT2D eigenvalue weighted by atomic mass is 10.2. The SMILES string of the molecule is Cc1nc(C2CC2)nc(N2CCN(c3cc(C#N)ccn3)CC2)c1C. The molecule has 0 atom stereocenters. The molecule has 1 aliphatic heterocycles. The van der Waals surface area contributed by atoms with Gasteiger partial charge < -0.3 is 9.80 Å². The zero-order chi connectivity index (χ0) is 17.4. The highest BCUT2D eigenvalue weighted by molar-refractivity contribution is 5.52. The fourth-order valence-corrected chi connectivity index (χ4v) is 3.28. The van der Waals surface area contributed by atoms with Crippen molar-refractivity contribution in [2.75, 3.05) is 36.0 Å². The summed E-state index contributed by atoms with van der Waals surface area (Å²) in [5.41, 5.74) is 2.93. The lowest BCUT2D eigenvalue weighted by molar-refractivity contribution is 0.636. The van der Waals surface area contributed by atoms with Crippen molar-refractivity contribution in [1.29, 1.82) is 5.26 Å². The summed E-state index contributed by atoms with van der Waals surface area (Å²) in [6, 6.07) is 5.79. The second-order valence-corrected chi connectivity index (χ2v) is 6.88. The van der Waals surface area contributed by atoms with E-state index in [1.807, 2.05) is 6.07 Å². The van der Waals surface area contributed by atoms with Gasteiger partial charge in [0, 0.05) is 49.6 Å². The maximum atomic E-state index is 9.06. The third-order valence-corrected chi connectivity index (χ3v) is 5.10. The molecule has 1 saturated carbocycles. The summed E-state index contributed by atoms with van der Waals surface area (Å²) >= 11 is 0. The Kier molecular flexibility index (Phi) is 4.00. The maximum absolute atomic E-state index is 9.06. The first-order chi connectivity index (χ1) is 12.2. The molecule has 6 heteroatoms. The van der Waals surface area contributed by atoms with Gasteiger partial charge in [0.05, 0.1) is 11.6 Å². The van der Waals surface area contributed by atoms with Gasteiger partial charge in [-0.3, -0.25) is 0 Å².